The van der Waals surface area contributed by atoms with Gasteiger partial charge in [-0.1, -0.05) is 15.9 Å². The van der Waals surface area contributed by atoms with Crippen LogP contribution in [0.1, 0.15) is 0 Å². The van der Waals surface area contributed by atoms with Crippen molar-refractivity contribution in [1.29, 1.82) is 0 Å². The molecule has 0 amide bonds. The zero-order valence-corrected chi connectivity index (χ0v) is 14.0. The number of anilines is 1. The molecule has 0 aliphatic carbocycles. The Bertz CT molecular complexity index is 569. The summed E-state index contributed by atoms with van der Waals surface area (Å²) in [6, 6.07) is 4.94. The molecule has 112 valence electrons. The number of nitrogen functional groups attached to an aromatic ring is 1. The smallest absolute Gasteiger partial charge is 0.181 e. The molecule has 2 N–H and O–H groups in total. The first-order valence-electron chi connectivity index (χ1n) is 6.57. The second kappa shape index (κ2) is 6.43. The van der Waals surface area contributed by atoms with Crippen molar-refractivity contribution in [2.24, 2.45) is 0 Å². The van der Waals surface area contributed by atoms with Gasteiger partial charge in [0, 0.05) is 37.2 Å². The van der Waals surface area contributed by atoms with Gasteiger partial charge in [0.1, 0.15) is 0 Å². The molecule has 1 heterocycles. The largest absolute Gasteiger partial charge is 0.398 e. The van der Waals surface area contributed by atoms with Crippen molar-refractivity contribution in [3.8, 4) is 0 Å². The van der Waals surface area contributed by atoms with Gasteiger partial charge < -0.3 is 10.6 Å². The fourth-order valence-electron chi connectivity index (χ4n) is 2.21. The van der Waals surface area contributed by atoms with Crippen LogP contribution in [0.15, 0.2) is 27.6 Å². The minimum Gasteiger partial charge on any atom is -0.398 e. The first-order chi connectivity index (χ1) is 9.38. The van der Waals surface area contributed by atoms with E-state index in [1.54, 1.807) is 18.2 Å². The molecule has 0 atom stereocenters. The van der Waals surface area contributed by atoms with Crippen molar-refractivity contribution in [1.82, 2.24) is 9.80 Å². The van der Waals surface area contributed by atoms with Crippen LogP contribution >= 0.6 is 15.9 Å². The van der Waals surface area contributed by atoms with Gasteiger partial charge in [-0.2, -0.15) is 0 Å². The predicted octanol–water partition coefficient (Wildman–Crippen LogP) is 1.05. The van der Waals surface area contributed by atoms with Gasteiger partial charge in [0.05, 0.1) is 16.3 Å². The third-order valence-corrected chi connectivity index (χ3v) is 5.82. The van der Waals surface area contributed by atoms with E-state index in [-0.39, 0.29) is 10.6 Å². The molecule has 2 rings (SSSR count). The fraction of sp³-hybridized carbons (Fsp3) is 0.538. The summed E-state index contributed by atoms with van der Waals surface area (Å²) < 4.78 is 25.5. The maximum absolute atomic E-state index is 12.4. The number of sulfone groups is 1. The first kappa shape index (κ1) is 15.8. The topological polar surface area (TPSA) is 66.6 Å². The number of nitrogens with two attached hydrogens (primary N) is 1. The lowest BCUT2D eigenvalue weighted by atomic mass is 10.3. The van der Waals surface area contributed by atoms with Crippen LogP contribution in [-0.4, -0.2) is 63.7 Å². The molecule has 1 aliphatic rings. The Morgan fingerprint density at radius 3 is 2.55 bits per heavy atom. The van der Waals surface area contributed by atoms with Crippen molar-refractivity contribution in [2.45, 2.75) is 4.90 Å². The predicted molar refractivity (Wildman–Crippen MR) is 84.5 cm³/mol. The number of halogens is 1. The lowest BCUT2D eigenvalue weighted by Crippen LogP contribution is -2.45. The van der Waals surface area contributed by atoms with Crippen LogP contribution in [0.25, 0.3) is 0 Å². The molecule has 1 aromatic carbocycles. The average Bonchev–Trinajstić information content (AvgIpc) is 2.41. The molecule has 20 heavy (non-hydrogen) atoms. The lowest BCUT2D eigenvalue weighted by molar-refractivity contribution is 0.161. The number of hydrogen-bond acceptors (Lipinski definition) is 5. The standard InChI is InChI=1S/C13H20BrN3O2S/c1-16-4-6-17(7-5-16)8-9-20(18,19)13-10-11(14)2-3-12(13)15/h2-3,10H,4-9,15H2,1H3. The molecule has 7 heteroatoms. The molecule has 5 nitrogen and oxygen atoms in total. The first-order valence-corrected chi connectivity index (χ1v) is 9.02. The Morgan fingerprint density at radius 2 is 1.90 bits per heavy atom. The van der Waals surface area contributed by atoms with E-state index >= 15 is 0 Å². The number of rotatable bonds is 4. The molecule has 0 unspecified atom stereocenters. The van der Waals surface area contributed by atoms with Crippen molar-refractivity contribution in [2.75, 3.05) is 51.3 Å². The number of piperazine rings is 1. The van der Waals surface area contributed by atoms with Crippen molar-refractivity contribution in [3.63, 3.8) is 0 Å². The quantitative estimate of drug-likeness (QED) is 0.812. The lowest BCUT2D eigenvalue weighted by Gasteiger charge is -2.32. The van der Waals surface area contributed by atoms with Gasteiger partial charge in [-0.3, -0.25) is 4.90 Å². The summed E-state index contributed by atoms with van der Waals surface area (Å²) in [6.45, 7) is 4.36. The number of benzene rings is 1. The Kier molecular flexibility index (Phi) is 5.06. The summed E-state index contributed by atoms with van der Waals surface area (Å²) in [7, 11) is -1.26. The van der Waals surface area contributed by atoms with Gasteiger partial charge in [0.2, 0.25) is 0 Å². The van der Waals surface area contributed by atoms with E-state index in [0.29, 0.717) is 12.2 Å². The highest BCUT2D eigenvalue weighted by Gasteiger charge is 2.21. The van der Waals surface area contributed by atoms with E-state index in [4.69, 9.17) is 5.73 Å². The highest BCUT2D eigenvalue weighted by Crippen LogP contribution is 2.24. The Balaban J connectivity index is 2.02. The molecule has 0 radical (unpaired) electrons. The number of nitrogens with zero attached hydrogens (tertiary/aromatic N) is 2. The third kappa shape index (κ3) is 3.94. The second-order valence-corrected chi connectivity index (χ2v) is 8.14. The Morgan fingerprint density at radius 1 is 1.25 bits per heavy atom. The van der Waals surface area contributed by atoms with Gasteiger partial charge in [-0.05, 0) is 25.2 Å². The maximum atomic E-state index is 12.4. The second-order valence-electron chi connectivity index (χ2n) is 5.15. The Hall–Kier alpha value is -0.630. The van der Waals surface area contributed by atoms with E-state index < -0.39 is 9.84 Å². The monoisotopic (exact) mass is 361 g/mol. The molecule has 1 saturated heterocycles. The van der Waals surface area contributed by atoms with Gasteiger partial charge in [0.25, 0.3) is 0 Å². The molecule has 0 aromatic heterocycles. The van der Waals surface area contributed by atoms with E-state index in [0.717, 1.165) is 30.7 Å². The van der Waals surface area contributed by atoms with Crippen LogP contribution in [0.2, 0.25) is 0 Å². The number of hydrogen-bond donors (Lipinski definition) is 1. The molecule has 0 saturated carbocycles. The molecule has 0 bridgehead atoms. The zero-order chi connectivity index (χ0) is 14.8. The minimum absolute atomic E-state index is 0.108. The van der Waals surface area contributed by atoms with E-state index in [1.807, 2.05) is 0 Å². The van der Waals surface area contributed by atoms with Crippen LogP contribution < -0.4 is 5.73 Å². The van der Waals surface area contributed by atoms with Crippen LogP contribution in [0.3, 0.4) is 0 Å². The van der Waals surface area contributed by atoms with E-state index in [1.165, 1.54) is 0 Å². The van der Waals surface area contributed by atoms with Crippen molar-refractivity contribution in [3.05, 3.63) is 22.7 Å². The van der Waals surface area contributed by atoms with E-state index in [9.17, 15) is 8.42 Å². The highest BCUT2D eigenvalue weighted by atomic mass is 79.9. The minimum atomic E-state index is -3.34. The van der Waals surface area contributed by atoms with Crippen LogP contribution in [0.4, 0.5) is 5.69 Å². The molecule has 1 fully saturated rings. The summed E-state index contributed by atoms with van der Waals surface area (Å²) in [5.74, 6) is 0.108. The zero-order valence-electron chi connectivity index (χ0n) is 11.5. The van der Waals surface area contributed by atoms with Crippen LogP contribution in [0, 0.1) is 0 Å². The van der Waals surface area contributed by atoms with Gasteiger partial charge in [-0.15, -0.1) is 0 Å². The van der Waals surface area contributed by atoms with Gasteiger partial charge in [-0.25, -0.2) is 8.42 Å². The molecule has 0 spiro atoms. The van der Waals surface area contributed by atoms with Crippen molar-refractivity contribution < 1.29 is 8.42 Å². The van der Waals surface area contributed by atoms with Crippen molar-refractivity contribution >= 4 is 31.5 Å². The average molecular weight is 362 g/mol. The van der Waals surface area contributed by atoms with Crippen LogP contribution in [0.5, 0.6) is 0 Å². The summed E-state index contributed by atoms with van der Waals surface area (Å²) in [5, 5.41) is 0. The highest BCUT2D eigenvalue weighted by molar-refractivity contribution is 9.10. The van der Waals surface area contributed by atoms with Crippen LogP contribution in [-0.2, 0) is 9.84 Å². The summed E-state index contributed by atoms with van der Waals surface area (Å²) in [5.41, 5.74) is 6.09. The van der Waals surface area contributed by atoms with E-state index in [2.05, 4.69) is 32.8 Å². The Labute approximate surface area is 128 Å². The summed E-state index contributed by atoms with van der Waals surface area (Å²) in [6.07, 6.45) is 0. The molecule has 1 aliphatic heterocycles. The maximum Gasteiger partial charge on any atom is 0.181 e. The normalized spacial score (nSPS) is 18.3. The molecular weight excluding hydrogens is 342 g/mol. The fourth-order valence-corrected chi connectivity index (χ4v) is 4.17. The summed E-state index contributed by atoms with van der Waals surface area (Å²) >= 11 is 3.29. The van der Waals surface area contributed by atoms with Gasteiger partial charge in [0.15, 0.2) is 9.84 Å². The molecular formula is C13H20BrN3O2S. The SMILES string of the molecule is CN1CCN(CCS(=O)(=O)c2cc(Br)ccc2N)CC1. The van der Waals surface area contributed by atoms with Gasteiger partial charge >= 0.3 is 0 Å². The summed E-state index contributed by atoms with van der Waals surface area (Å²) in [4.78, 5) is 4.66. The number of likely N-dealkylation sites (N-methyl/N-ethyl adjacent to an activating group) is 1. The molecule has 1 aromatic rings. The third-order valence-electron chi connectivity index (χ3n) is 3.58.